The predicted molar refractivity (Wildman–Crippen MR) is 78.4 cm³/mol. The van der Waals surface area contributed by atoms with Crippen molar-refractivity contribution in [3.05, 3.63) is 33.9 Å². The number of nitrogens with one attached hydrogen (secondary N) is 1. The number of nitrogens with zero attached hydrogens (tertiary/aromatic N) is 4. The van der Waals surface area contributed by atoms with Crippen LogP contribution in [-0.4, -0.2) is 29.5 Å². The van der Waals surface area contributed by atoms with Crippen molar-refractivity contribution in [2.45, 2.75) is 19.9 Å². The molecule has 0 aliphatic rings. The quantitative estimate of drug-likeness (QED) is 0.446. The van der Waals surface area contributed by atoms with Crippen LogP contribution >= 0.6 is 0 Å². The van der Waals surface area contributed by atoms with Gasteiger partial charge in [-0.2, -0.15) is 10.5 Å². The summed E-state index contributed by atoms with van der Waals surface area (Å²) in [5, 5.41) is 31.5. The Morgan fingerprint density at radius 2 is 2.00 bits per heavy atom. The lowest BCUT2D eigenvalue weighted by atomic mass is 10.1. The molecule has 7 heteroatoms. The Bertz CT molecular complexity index is 558. The zero-order chi connectivity index (χ0) is 15.7. The number of nitro groups is 1. The van der Waals surface area contributed by atoms with Gasteiger partial charge in [0.15, 0.2) is 0 Å². The molecule has 1 N–H and O–H groups in total. The van der Waals surface area contributed by atoms with Gasteiger partial charge in [-0.15, -0.1) is 0 Å². The van der Waals surface area contributed by atoms with E-state index in [0.29, 0.717) is 18.8 Å². The van der Waals surface area contributed by atoms with Crippen molar-refractivity contribution in [2.75, 3.05) is 25.0 Å². The van der Waals surface area contributed by atoms with Crippen molar-refractivity contribution in [2.24, 2.45) is 0 Å². The Kier molecular flexibility index (Phi) is 6.66. The number of hydrogen-bond donors (Lipinski definition) is 1. The molecule has 110 valence electrons. The summed E-state index contributed by atoms with van der Waals surface area (Å²) in [6.07, 6.45) is 0.858. The highest BCUT2D eigenvalue weighted by Crippen LogP contribution is 2.26. The zero-order valence-electron chi connectivity index (χ0n) is 11.9. The van der Waals surface area contributed by atoms with E-state index in [1.807, 2.05) is 19.1 Å². The van der Waals surface area contributed by atoms with Crippen LogP contribution in [0.5, 0.6) is 0 Å². The fraction of sp³-hybridized carbons (Fsp3) is 0.429. The fourth-order valence-corrected chi connectivity index (χ4v) is 1.87. The van der Waals surface area contributed by atoms with E-state index in [-0.39, 0.29) is 18.8 Å². The third kappa shape index (κ3) is 5.09. The lowest BCUT2D eigenvalue weighted by molar-refractivity contribution is -0.384. The summed E-state index contributed by atoms with van der Waals surface area (Å²) in [6, 6.07) is 8.81. The van der Waals surface area contributed by atoms with Crippen LogP contribution in [0.4, 0.5) is 11.4 Å². The number of hydrogen-bond acceptors (Lipinski definition) is 6. The average Bonchev–Trinajstić information content (AvgIpc) is 2.45. The van der Waals surface area contributed by atoms with Crippen LogP contribution in [0.1, 0.15) is 18.9 Å². The minimum Gasteiger partial charge on any atom is -0.379 e. The molecule has 0 fully saturated rings. The summed E-state index contributed by atoms with van der Waals surface area (Å²) in [6.45, 7) is 3.30. The Morgan fingerprint density at radius 1 is 1.33 bits per heavy atom. The first kappa shape index (κ1) is 16.4. The fourth-order valence-electron chi connectivity index (χ4n) is 1.87. The standard InChI is InChI=1S/C14H17N5O2/c1-2-7-17-13-10-12(3-4-14(13)19(20)21)11-18(8-5-15)9-6-16/h3-4,10,17H,2,7-9,11H2,1H3. The predicted octanol–water partition coefficient (Wildman–Crippen LogP) is 2.27. The lowest BCUT2D eigenvalue weighted by Gasteiger charge is -2.16. The highest BCUT2D eigenvalue weighted by molar-refractivity contribution is 5.62. The Morgan fingerprint density at radius 3 is 2.52 bits per heavy atom. The van der Waals surface area contributed by atoms with Gasteiger partial charge in [-0.1, -0.05) is 13.0 Å². The Hall–Kier alpha value is -2.64. The van der Waals surface area contributed by atoms with Crippen molar-refractivity contribution in [1.82, 2.24) is 4.90 Å². The molecule has 0 aliphatic carbocycles. The smallest absolute Gasteiger partial charge is 0.292 e. The van der Waals surface area contributed by atoms with Crippen molar-refractivity contribution in [1.29, 1.82) is 10.5 Å². The highest BCUT2D eigenvalue weighted by atomic mass is 16.6. The first-order chi connectivity index (χ1) is 10.1. The van der Waals surface area contributed by atoms with Crippen LogP contribution in [0.15, 0.2) is 18.2 Å². The molecule has 0 atom stereocenters. The van der Waals surface area contributed by atoms with Gasteiger partial charge in [0, 0.05) is 19.2 Å². The Labute approximate surface area is 123 Å². The second-order valence-electron chi connectivity index (χ2n) is 4.50. The van der Waals surface area contributed by atoms with E-state index in [4.69, 9.17) is 10.5 Å². The van der Waals surface area contributed by atoms with E-state index in [2.05, 4.69) is 5.32 Å². The molecule has 0 aromatic heterocycles. The number of rotatable bonds is 8. The second kappa shape index (κ2) is 8.51. The van der Waals surface area contributed by atoms with Crippen molar-refractivity contribution in [3.8, 4) is 12.1 Å². The number of anilines is 1. The third-order valence-corrected chi connectivity index (χ3v) is 2.82. The minimum absolute atomic E-state index is 0.0271. The molecule has 1 aromatic rings. The van der Waals surface area contributed by atoms with Crippen LogP contribution < -0.4 is 5.32 Å². The molecule has 21 heavy (non-hydrogen) atoms. The summed E-state index contributed by atoms with van der Waals surface area (Å²) in [7, 11) is 0. The first-order valence-corrected chi connectivity index (χ1v) is 6.59. The lowest BCUT2D eigenvalue weighted by Crippen LogP contribution is -2.24. The number of nitriles is 2. The topological polar surface area (TPSA) is 106 Å². The summed E-state index contributed by atoms with van der Waals surface area (Å²) in [4.78, 5) is 12.2. The molecule has 0 spiro atoms. The van der Waals surface area contributed by atoms with Crippen molar-refractivity contribution < 1.29 is 4.92 Å². The van der Waals surface area contributed by atoms with Gasteiger partial charge in [0.1, 0.15) is 5.69 Å². The zero-order valence-corrected chi connectivity index (χ0v) is 11.9. The molecular formula is C14H17N5O2. The van der Waals surface area contributed by atoms with Gasteiger partial charge in [0.25, 0.3) is 5.69 Å². The average molecular weight is 287 g/mol. The summed E-state index contributed by atoms with van der Waals surface area (Å²) in [5.41, 5.74) is 1.32. The molecule has 0 aliphatic heterocycles. The minimum atomic E-state index is -0.426. The maximum atomic E-state index is 11.0. The van der Waals surface area contributed by atoms with E-state index in [9.17, 15) is 10.1 Å². The first-order valence-electron chi connectivity index (χ1n) is 6.59. The molecular weight excluding hydrogens is 270 g/mol. The normalized spacial score (nSPS) is 9.90. The molecule has 1 aromatic carbocycles. The maximum absolute atomic E-state index is 11.0. The number of nitro benzene ring substituents is 1. The van der Waals surface area contributed by atoms with Gasteiger partial charge >= 0.3 is 0 Å². The van der Waals surface area contributed by atoms with Gasteiger partial charge < -0.3 is 5.32 Å². The van der Waals surface area contributed by atoms with Gasteiger partial charge in [-0.3, -0.25) is 15.0 Å². The van der Waals surface area contributed by atoms with Crippen LogP contribution in [0.25, 0.3) is 0 Å². The van der Waals surface area contributed by atoms with Gasteiger partial charge in [0.05, 0.1) is 30.2 Å². The summed E-state index contributed by atoms with van der Waals surface area (Å²) < 4.78 is 0. The monoisotopic (exact) mass is 287 g/mol. The van der Waals surface area contributed by atoms with E-state index in [1.165, 1.54) is 6.07 Å². The van der Waals surface area contributed by atoms with Gasteiger partial charge in [0.2, 0.25) is 0 Å². The van der Waals surface area contributed by atoms with E-state index in [0.717, 1.165) is 12.0 Å². The molecule has 1 rings (SSSR count). The molecule has 0 amide bonds. The maximum Gasteiger partial charge on any atom is 0.292 e. The summed E-state index contributed by atoms with van der Waals surface area (Å²) >= 11 is 0. The Balaban J connectivity index is 2.95. The van der Waals surface area contributed by atoms with Crippen LogP contribution in [0.3, 0.4) is 0 Å². The molecule has 0 heterocycles. The molecule has 0 radical (unpaired) electrons. The second-order valence-corrected chi connectivity index (χ2v) is 4.50. The van der Waals surface area contributed by atoms with Crippen LogP contribution in [0, 0.1) is 32.8 Å². The van der Waals surface area contributed by atoms with Crippen molar-refractivity contribution in [3.63, 3.8) is 0 Å². The third-order valence-electron chi connectivity index (χ3n) is 2.82. The van der Waals surface area contributed by atoms with Crippen LogP contribution in [0.2, 0.25) is 0 Å². The molecule has 0 saturated heterocycles. The summed E-state index contributed by atoms with van der Waals surface area (Å²) in [5.74, 6) is 0. The molecule has 0 unspecified atom stereocenters. The van der Waals surface area contributed by atoms with Gasteiger partial charge in [-0.25, -0.2) is 0 Å². The SMILES string of the molecule is CCCNc1cc(CN(CC#N)CC#N)ccc1[N+](=O)[O-]. The van der Waals surface area contributed by atoms with Crippen molar-refractivity contribution >= 4 is 11.4 Å². The largest absolute Gasteiger partial charge is 0.379 e. The van der Waals surface area contributed by atoms with Crippen LogP contribution in [-0.2, 0) is 6.54 Å². The van der Waals surface area contributed by atoms with E-state index >= 15 is 0 Å². The van der Waals surface area contributed by atoms with E-state index in [1.54, 1.807) is 17.0 Å². The van der Waals surface area contributed by atoms with Gasteiger partial charge in [-0.05, 0) is 18.1 Å². The highest BCUT2D eigenvalue weighted by Gasteiger charge is 2.15. The van der Waals surface area contributed by atoms with E-state index < -0.39 is 4.92 Å². The molecule has 0 saturated carbocycles. The number of benzene rings is 1. The molecule has 0 bridgehead atoms. The molecule has 7 nitrogen and oxygen atoms in total.